The third-order valence-electron chi connectivity index (χ3n) is 6.04. The molecule has 3 aliphatic rings. The molecule has 10 heteroatoms. The highest BCUT2D eigenvalue weighted by atomic mass is 32.2. The summed E-state index contributed by atoms with van der Waals surface area (Å²) in [7, 11) is -2.12. The van der Waals surface area contributed by atoms with Crippen molar-refractivity contribution in [3.63, 3.8) is 0 Å². The summed E-state index contributed by atoms with van der Waals surface area (Å²) in [6.45, 7) is 0.630. The van der Waals surface area contributed by atoms with Crippen LogP contribution in [-0.2, 0) is 14.8 Å². The van der Waals surface area contributed by atoms with E-state index < -0.39 is 10.0 Å². The number of hydrogen-bond acceptors (Lipinski definition) is 7. The van der Waals surface area contributed by atoms with E-state index in [4.69, 9.17) is 0 Å². The molecule has 1 aromatic carbocycles. The number of carbonyl (C=O) groups excluding carboxylic acids is 1. The number of amides is 1. The Balaban J connectivity index is 1.55. The Morgan fingerprint density at radius 2 is 2.00 bits per heavy atom. The Labute approximate surface area is 170 Å². The standard InChI is InChI=1S/C19H26N6O3S/c1-21-29(27,28)14-6-4-13(5-7-14)23-18-17-16(9-11-22-19(17)26)25(24-18)15(8-10-20)12-2-3-12/h4-7,12,15-18,21,23-24H,2-3,8-9,11H2,1H3,(H,22,26)/t15-,16?,17?,18?/m0/s1. The molecule has 0 aromatic heterocycles. The van der Waals surface area contributed by atoms with Gasteiger partial charge < -0.3 is 10.6 Å². The molecule has 156 valence electrons. The molecule has 0 radical (unpaired) electrons. The molecular weight excluding hydrogens is 392 g/mol. The number of piperidine rings is 1. The van der Waals surface area contributed by atoms with Crippen molar-refractivity contribution < 1.29 is 13.2 Å². The number of nitriles is 1. The number of rotatable bonds is 7. The van der Waals surface area contributed by atoms with E-state index in [-0.39, 0.29) is 35.0 Å². The Morgan fingerprint density at radius 1 is 1.28 bits per heavy atom. The van der Waals surface area contributed by atoms with Gasteiger partial charge in [-0.25, -0.2) is 23.6 Å². The summed E-state index contributed by atoms with van der Waals surface area (Å²) in [6.07, 6.45) is 3.18. The van der Waals surface area contributed by atoms with E-state index in [0.717, 1.165) is 24.9 Å². The van der Waals surface area contributed by atoms with Gasteiger partial charge in [-0.2, -0.15) is 5.26 Å². The van der Waals surface area contributed by atoms with Crippen LogP contribution in [0.15, 0.2) is 29.2 Å². The van der Waals surface area contributed by atoms with Gasteiger partial charge in [-0.1, -0.05) is 0 Å². The molecule has 1 aliphatic carbocycles. The van der Waals surface area contributed by atoms with Crippen LogP contribution in [0.1, 0.15) is 25.7 Å². The molecule has 1 saturated carbocycles. The predicted octanol–water partition coefficient (Wildman–Crippen LogP) is 0.350. The van der Waals surface area contributed by atoms with Gasteiger partial charge in [-0.05, 0) is 56.5 Å². The normalized spacial score (nSPS) is 28.3. The van der Waals surface area contributed by atoms with Crippen molar-refractivity contribution in [1.82, 2.24) is 20.5 Å². The first-order valence-corrected chi connectivity index (χ1v) is 11.4. The summed E-state index contributed by atoms with van der Waals surface area (Å²) in [5.41, 5.74) is 4.18. The number of nitrogens with zero attached hydrogens (tertiary/aromatic N) is 2. The maximum Gasteiger partial charge on any atom is 0.240 e. The van der Waals surface area contributed by atoms with Crippen molar-refractivity contribution in [3.05, 3.63) is 24.3 Å². The second kappa shape index (κ2) is 7.91. The monoisotopic (exact) mass is 418 g/mol. The molecule has 0 bridgehead atoms. The Morgan fingerprint density at radius 3 is 2.62 bits per heavy atom. The molecule has 29 heavy (non-hydrogen) atoms. The van der Waals surface area contributed by atoms with Gasteiger partial charge in [-0.3, -0.25) is 4.79 Å². The molecule has 2 aliphatic heterocycles. The Bertz CT molecular complexity index is 909. The van der Waals surface area contributed by atoms with Crippen LogP contribution in [0.5, 0.6) is 0 Å². The summed E-state index contributed by atoms with van der Waals surface area (Å²) in [5, 5.41) is 17.7. The average molecular weight is 419 g/mol. The van der Waals surface area contributed by atoms with E-state index in [1.807, 2.05) is 0 Å². The third-order valence-corrected chi connectivity index (χ3v) is 7.47. The van der Waals surface area contributed by atoms with E-state index in [0.29, 0.717) is 18.9 Å². The van der Waals surface area contributed by atoms with Crippen molar-refractivity contribution in [2.75, 3.05) is 18.9 Å². The molecule has 0 spiro atoms. The quantitative estimate of drug-likeness (QED) is 0.503. The smallest absolute Gasteiger partial charge is 0.240 e. The van der Waals surface area contributed by atoms with Crippen molar-refractivity contribution >= 4 is 21.6 Å². The second-order valence-corrected chi connectivity index (χ2v) is 9.72. The molecule has 4 N–H and O–H groups in total. The van der Waals surface area contributed by atoms with Gasteiger partial charge in [0.25, 0.3) is 0 Å². The van der Waals surface area contributed by atoms with Crippen LogP contribution >= 0.6 is 0 Å². The number of sulfonamides is 1. The van der Waals surface area contributed by atoms with E-state index in [2.05, 4.69) is 31.9 Å². The van der Waals surface area contributed by atoms with Crippen molar-refractivity contribution in [1.29, 1.82) is 5.26 Å². The molecule has 3 fully saturated rings. The Kier molecular flexibility index (Phi) is 5.48. The zero-order valence-electron chi connectivity index (χ0n) is 16.3. The van der Waals surface area contributed by atoms with Crippen LogP contribution in [0.3, 0.4) is 0 Å². The average Bonchev–Trinajstić information content (AvgIpc) is 3.49. The fourth-order valence-corrected chi connectivity index (χ4v) is 5.13. The van der Waals surface area contributed by atoms with Crippen LogP contribution in [0.4, 0.5) is 5.69 Å². The van der Waals surface area contributed by atoms with E-state index in [1.54, 1.807) is 12.1 Å². The number of carbonyl (C=O) groups is 1. The summed E-state index contributed by atoms with van der Waals surface area (Å²) in [4.78, 5) is 12.8. The first-order chi connectivity index (χ1) is 13.9. The van der Waals surface area contributed by atoms with E-state index in [9.17, 15) is 18.5 Å². The molecule has 9 nitrogen and oxygen atoms in total. The zero-order chi connectivity index (χ0) is 20.6. The first-order valence-electron chi connectivity index (χ1n) is 9.94. The summed E-state index contributed by atoms with van der Waals surface area (Å²) < 4.78 is 26.1. The van der Waals surface area contributed by atoms with E-state index >= 15 is 0 Å². The zero-order valence-corrected chi connectivity index (χ0v) is 17.1. The minimum atomic E-state index is -3.50. The maximum absolute atomic E-state index is 12.6. The molecular formula is C19H26N6O3S. The molecule has 1 amide bonds. The van der Waals surface area contributed by atoms with Crippen LogP contribution in [-0.4, -0.2) is 51.2 Å². The topological polar surface area (TPSA) is 126 Å². The lowest BCUT2D eigenvalue weighted by Crippen LogP contribution is -2.52. The lowest BCUT2D eigenvalue weighted by atomic mass is 9.90. The number of hydrogen-bond donors (Lipinski definition) is 4. The molecule has 3 unspecified atom stereocenters. The first kappa shape index (κ1) is 20.1. The van der Waals surface area contributed by atoms with Gasteiger partial charge in [0.05, 0.1) is 23.3 Å². The maximum atomic E-state index is 12.6. The highest BCUT2D eigenvalue weighted by Gasteiger charge is 2.51. The van der Waals surface area contributed by atoms with Crippen molar-refractivity contribution in [3.8, 4) is 6.07 Å². The molecule has 4 rings (SSSR count). The predicted molar refractivity (Wildman–Crippen MR) is 107 cm³/mol. The van der Waals surface area contributed by atoms with Gasteiger partial charge in [0.1, 0.15) is 6.17 Å². The summed E-state index contributed by atoms with van der Waals surface area (Å²) in [5.74, 6) is 0.205. The minimum absolute atomic E-state index is 0.00497. The van der Waals surface area contributed by atoms with Crippen LogP contribution in [0, 0.1) is 23.2 Å². The fourth-order valence-electron chi connectivity index (χ4n) is 4.40. The lowest BCUT2D eigenvalue weighted by molar-refractivity contribution is -0.128. The third kappa shape index (κ3) is 3.96. The molecule has 4 atom stereocenters. The van der Waals surface area contributed by atoms with Gasteiger partial charge in [-0.15, -0.1) is 0 Å². The highest BCUT2D eigenvalue weighted by molar-refractivity contribution is 7.89. The molecule has 2 heterocycles. The van der Waals surface area contributed by atoms with Crippen LogP contribution < -0.4 is 20.8 Å². The molecule has 1 aromatic rings. The van der Waals surface area contributed by atoms with Gasteiger partial charge in [0.2, 0.25) is 15.9 Å². The fraction of sp³-hybridized carbons (Fsp3) is 0.579. The van der Waals surface area contributed by atoms with Crippen molar-refractivity contribution in [2.24, 2.45) is 11.8 Å². The van der Waals surface area contributed by atoms with Gasteiger partial charge in [0, 0.05) is 24.3 Å². The number of hydrazine groups is 1. The minimum Gasteiger partial charge on any atom is -0.368 e. The Hall–Kier alpha value is -2.19. The highest BCUT2D eigenvalue weighted by Crippen LogP contribution is 2.41. The number of fused-ring (bicyclic) bond motifs is 1. The second-order valence-electron chi connectivity index (χ2n) is 7.83. The van der Waals surface area contributed by atoms with Crippen LogP contribution in [0.25, 0.3) is 0 Å². The summed E-state index contributed by atoms with van der Waals surface area (Å²) in [6, 6.07) is 8.88. The largest absolute Gasteiger partial charge is 0.368 e. The van der Waals surface area contributed by atoms with Crippen LogP contribution in [0.2, 0.25) is 0 Å². The molecule has 2 saturated heterocycles. The lowest BCUT2D eigenvalue weighted by Gasteiger charge is -2.34. The van der Waals surface area contributed by atoms with Gasteiger partial charge >= 0.3 is 0 Å². The number of benzene rings is 1. The van der Waals surface area contributed by atoms with Gasteiger partial charge in [0.15, 0.2) is 0 Å². The summed E-state index contributed by atoms with van der Waals surface area (Å²) >= 11 is 0. The van der Waals surface area contributed by atoms with E-state index in [1.165, 1.54) is 19.2 Å². The number of anilines is 1. The van der Waals surface area contributed by atoms with Crippen molar-refractivity contribution in [2.45, 2.75) is 48.8 Å². The SMILES string of the molecule is CNS(=O)(=O)c1ccc(NC2NN([C@@H](CC#N)C3CC3)C3CCNC(=O)C23)cc1. The number of nitrogens with one attached hydrogen (secondary N) is 4.